The molecule has 1 aliphatic rings. The van der Waals surface area contributed by atoms with E-state index in [1.54, 1.807) is 0 Å². The second-order valence-corrected chi connectivity index (χ2v) is 6.23. The average molecular weight is 480 g/mol. The largest absolute Gasteiger partial charge is 0.357 e. The summed E-state index contributed by atoms with van der Waals surface area (Å²) in [6.07, 6.45) is 2.10. The van der Waals surface area contributed by atoms with E-state index in [2.05, 4.69) is 15.6 Å². The Hall–Kier alpha value is -1.45. The van der Waals surface area contributed by atoms with Crippen molar-refractivity contribution in [3.8, 4) is 0 Å². The Morgan fingerprint density at radius 2 is 1.96 bits per heavy atom. The first kappa shape index (κ1) is 22.6. The van der Waals surface area contributed by atoms with Gasteiger partial charge in [0.2, 0.25) is 5.91 Å². The Labute approximate surface area is 170 Å². The molecule has 1 aliphatic heterocycles. The van der Waals surface area contributed by atoms with Gasteiger partial charge < -0.3 is 15.5 Å². The van der Waals surface area contributed by atoms with Crippen molar-refractivity contribution in [3.63, 3.8) is 0 Å². The number of halogens is 3. The number of likely N-dealkylation sites (tertiary alicyclic amines) is 1. The van der Waals surface area contributed by atoms with Gasteiger partial charge >= 0.3 is 0 Å². The quantitative estimate of drug-likeness (QED) is 0.374. The molecule has 0 radical (unpaired) electrons. The Morgan fingerprint density at radius 1 is 1.27 bits per heavy atom. The van der Waals surface area contributed by atoms with Crippen LogP contribution in [0.2, 0.25) is 0 Å². The summed E-state index contributed by atoms with van der Waals surface area (Å²) >= 11 is 0. The zero-order valence-corrected chi connectivity index (χ0v) is 17.6. The van der Waals surface area contributed by atoms with Crippen LogP contribution in [0.4, 0.5) is 8.78 Å². The van der Waals surface area contributed by atoms with Crippen molar-refractivity contribution in [2.75, 3.05) is 32.7 Å². The van der Waals surface area contributed by atoms with Gasteiger partial charge in [-0.3, -0.25) is 4.79 Å². The van der Waals surface area contributed by atoms with Gasteiger partial charge in [0, 0.05) is 38.2 Å². The van der Waals surface area contributed by atoms with Crippen LogP contribution in [-0.4, -0.2) is 49.5 Å². The summed E-state index contributed by atoms with van der Waals surface area (Å²) in [5.41, 5.74) is 0.442. The minimum Gasteiger partial charge on any atom is -0.357 e. The molecule has 1 amide bonds. The van der Waals surface area contributed by atoms with Gasteiger partial charge in [0.15, 0.2) is 5.96 Å². The molecule has 5 nitrogen and oxygen atoms in total. The Kier molecular flexibility index (Phi) is 9.82. The molecule has 2 N–H and O–H groups in total. The lowest BCUT2D eigenvalue weighted by molar-refractivity contribution is -0.128. The average Bonchev–Trinajstić information content (AvgIpc) is 3.11. The fourth-order valence-corrected chi connectivity index (χ4v) is 2.82. The molecule has 0 aliphatic carbocycles. The fourth-order valence-electron chi connectivity index (χ4n) is 2.82. The SMILES string of the molecule is CCNC(=NCC(=O)N1CCCC1)NCC(C)c1ccc(F)cc1F.I. The third kappa shape index (κ3) is 6.69. The number of aliphatic imine (C=N–C) groups is 1. The van der Waals surface area contributed by atoms with Gasteiger partial charge in [0.05, 0.1) is 0 Å². The lowest BCUT2D eigenvalue weighted by Gasteiger charge is -2.18. The van der Waals surface area contributed by atoms with Crippen molar-refractivity contribution >= 4 is 35.8 Å². The second-order valence-electron chi connectivity index (χ2n) is 6.23. The predicted octanol–water partition coefficient (Wildman–Crippen LogP) is 2.86. The van der Waals surface area contributed by atoms with E-state index in [-0.39, 0.29) is 42.3 Å². The van der Waals surface area contributed by atoms with E-state index in [4.69, 9.17) is 0 Å². The topological polar surface area (TPSA) is 56.7 Å². The van der Waals surface area contributed by atoms with Crippen LogP contribution in [0.15, 0.2) is 23.2 Å². The number of rotatable bonds is 6. The van der Waals surface area contributed by atoms with Crippen molar-refractivity contribution in [2.24, 2.45) is 4.99 Å². The van der Waals surface area contributed by atoms with Crippen molar-refractivity contribution in [1.29, 1.82) is 0 Å². The summed E-state index contributed by atoms with van der Waals surface area (Å²) in [4.78, 5) is 18.2. The molecule has 2 rings (SSSR count). The first-order chi connectivity index (χ1) is 12.0. The molecule has 0 saturated carbocycles. The van der Waals surface area contributed by atoms with Gasteiger partial charge in [-0.1, -0.05) is 13.0 Å². The van der Waals surface area contributed by atoms with E-state index in [1.807, 2.05) is 18.7 Å². The summed E-state index contributed by atoms with van der Waals surface area (Å²) in [7, 11) is 0. The zero-order chi connectivity index (χ0) is 18.2. The molecule has 8 heteroatoms. The maximum Gasteiger partial charge on any atom is 0.244 e. The molecule has 1 aromatic rings. The van der Waals surface area contributed by atoms with Crippen LogP contribution < -0.4 is 10.6 Å². The van der Waals surface area contributed by atoms with Gasteiger partial charge in [0.25, 0.3) is 0 Å². The summed E-state index contributed by atoms with van der Waals surface area (Å²) in [5, 5.41) is 6.19. The van der Waals surface area contributed by atoms with E-state index in [0.717, 1.165) is 32.0 Å². The minimum atomic E-state index is -0.586. The highest BCUT2D eigenvalue weighted by Crippen LogP contribution is 2.19. The second kappa shape index (κ2) is 11.3. The minimum absolute atomic E-state index is 0. The number of carbonyl (C=O) groups excluding carboxylic acids is 1. The highest BCUT2D eigenvalue weighted by atomic mass is 127. The van der Waals surface area contributed by atoms with Crippen LogP contribution in [0.25, 0.3) is 0 Å². The number of carbonyl (C=O) groups is 1. The van der Waals surface area contributed by atoms with Gasteiger partial charge in [-0.25, -0.2) is 13.8 Å². The first-order valence-corrected chi connectivity index (χ1v) is 8.76. The normalized spacial score (nSPS) is 15.4. The highest BCUT2D eigenvalue weighted by molar-refractivity contribution is 14.0. The van der Waals surface area contributed by atoms with E-state index < -0.39 is 11.6 Å². The van der Waals surface area contributed by atoms with Crippen LogP contribution >= 0.6 is 24.0 Å². The van der Waals surface area contributed by atoms with E-state index >= 15 is 0 Å². The Bertz CT molecular complexity index is 621. The van der Waals surface area contributed by atoms with Gasteiger partial charge in [0.1, 0.15) is 18.2 Å². The smallest absolute Gasteiger partial charge is 0.244 e. The molecular weight excluding hydrogens is 453 g/mol. The maximum absolute atomic E-state index is 13.8. The number of hydrogen-bond donors (Lipinski definition) is 2. The predicted molar refractivity (Wildman–Crippen MR) is 110 cm³/mol. The molecule has 1 fully saturated rings. The molecule has 26 heavy (non-hydrogen) atoms. The number of nitrogens with zero attached hydrogens (tertiary/aromatic N) is 2. The molecule has 0 bridgehead atoms. The molecule has 1 aromatic carbocycles. The number of amides is 1. The van der Waals surface area contributed by atoms with Crippen LogP contribution in [0.5, 0.6) is 0 Å². The summed E-state index contributed by atoms with van der Waals surface area (Å²) < 4.78 is 26.8. The highest BCUT2D eigenvalue weighted by Gasteiger charge is 2.17. The van der Waals surface area contributed by atoms with Gasteiger partial charge in [-0.15, -0.1) is 24.0 Å². The number of hydrogen-bond acceptors (Lipinski definition) is 2. The van der Waals surface area contributed by atoms with Crippen molar-refractivity contribution in [1.82, 2.24) is 15.5 Å². The Morgan fingerprint density at radius 3 is 2.58 bits per heavy atom. The van der Waals surface area contributed by atoms with Crippen LogP contribution in [0.3, 0.4) is 0 Å². The molecule has 1 saturated heterocycles. The summed E-state index contributed by atoms with van der Waals surface area (Å²) in [6.45, 7) is 6.56. The van der Waals surface area contributed by atoms with Crippen molar-refractivity contribution < 1.29 is 13.6 Å². The molecule has 1 heterocycles. The lowest BCUT2D eigenvalue weighted by Crippen LogP contribution is -2.40. The summed E-state index contributed by atoms with van der Waals surface area (Å²) in [5.74, 6) is -0.771. The summed E-state index contributed by atoms with van der Waals surface area (Å²) in [6, 6.07) is 3.60. The third-order valence-electron chi connectivity index (χ3n) is 4.24. The van der Waals surface area contributed by atoms with E-state index in [1.165, 1.54) is 12.1 Å². The fraction of sp³-hybridized carbons (Fsp3) is 0.556. The maximum atomic E-state index is 13.8. The molecule has 0 spiro atoms. The first-order valence-electron chi connectivity index (χ1n) is 8.76. The van der Waals surface area contributed by atoms with Crippen LogP contribution in [0.1, 0.15) is 38.2 Å². The Balaban J connectivity index is 0.00000338. The number of guanidine groups is 1. The third-order valence-corrected chi connectivity index (χ3v) is 4.24. The van der Waals surface area contributed by atoms with Crippen molar-refractivity contribution in [2.45, 2.75) is 32.6 Å². The monoisotopic (exact) mass is 480 g/mol. The number of nitrogens with one attached hydrogen (secondary N) is 2. The van der Waals surface area contributed by atoms with E-state index in [9.17, 15) is 13.6 Å². The van der Waals surface area contributed by atoms with Crippen LogP contribution in [-0.2, 0) is 4.79 Å². The lowest BCUT2D eigenvalue weighted by atomic mass is 10.0. The molecule has 146 valence electrons. The van der Waals surface area contributed by atoms with Crippen molar-refractivity contribution in [3.05, 3.63) is 35.4 Å². The molecule has 1 atom stereocenters. The molecule has 1 unspecified atom stereocenters. The van der Waals surface area contributed by atoms with Gasteiger partial charge in [-0.2, -0.15) is 0 Å². The zero-order valence-electron chi connectivity index (χ0n) is 15.2. The van der Waals surface area contributed by atoms with Gasteiger partial charge in [-0.05, 0) is 31.4 Å². The van der Waals surface area contributed by atoms with E-state index in [0.29, 0.717) is 24.6 Å². The molecular formula is C18H27F2IN4O. The standard InChI is InChI=1S/C18H26F2N4O.HI/c1-3-21-18(23-12-17(25)24-8-4-5-9-24)22-11-13(2)15-7-6-14(19)10-16(15)20;/h6-7,10,13H,3-5,8-9,11-12H2,1-2H3,(H2,21,22,23);1H. The van der Waals surface area contributed by atoms with Crippen LogP contribution in [0, 0.1) is 11.6 Å². The molecule has 0 aromatic heterocycles. The number of benzene rings is 1.